The van der Waals surface area contributed by atoms with Crippen LogP contribution in [0.3, 0.4) is 0 Å². The van der Waals surface area contributed by atoms with Gasteiger partial charge in [-0.1, -0.05) is 80.1 Å². The molecule has 0 aliphatic heterocycles. The molecule has 176 valence electrons. The molecule has 0 rings (SSSR count). The topological polar surface area (TPSA) is 27.7 Å². The first-order valence-corrected chi connectivity index (χ1v) is 14.8. The van der Waals surface area contributed by atoms with E-state index in [1.54, 1.807) is 0 Å². The SMILES string of the molecule is CCCCC(C)(CC)O[Si](C)(OC(C)(CC)CCCC)OC(C)(CC)CCCC. The smallest absolute Gasteiger partial charge is 0.368 e. The van der Waals surface area contributed by atoms with Crippen molar-refractivity contribution >= 4 is 8.80 Å². The van der Waals surface area contributed by atoms with Crippen LogP contribution in [-0.4, -0.2) is 25.6 Å². The Morgan fingerprint density at radius 2 is 0.759 bits per heavy atom. The first kappa shape index (κ1) is 29.1. The zero-order valence-electron chi connectivity index (χ0n) is 21.7. The third kappa shape index (κ3) is 10.8. The molecular formula is C25H54O3Si. The predicted molar refractivity (Wildman–Crippen MR) is 130 cm³/mol. The van der Waals surface area contributed by atoms with E-state index in [4.69, 9.17) is 13.3 Å². The van der Waals surface area contributed by atoms with Crippen molar-refractivity contribution in [1.29, 1.82) is 0 Å². The van der Waals surface area contributed by atoms with Crippen molar-refractivity contribution in [2.24, 2.45) is 0 Å². The van der Waals surface area contributed by atoms with Gasteiger partial charge in [0.2, 0.25) is 0 Å². The van der Waals surface area contributed by atoms with Crippen molar-refractivity contribution in [2.45, 2.75) is 163 Å². The van der Waals surface area contributed by atoms with Crippen LogP contribution in [0.2, 0.25) is 6.55 Å². The van der Waals surface area contributed by atoms with Crippen LogP contribution in [0, 0.1) is 0 Å². The Morgan fingerprint density at radius 1 is 0.517 bits per heavy atom. The van der Waals surface area contributed by atoms with E-state index in [9.17, 15) is 0 Å². The number of rotatable bonds is 18. The molecule has 0 aromatic rings. The van der Waals surface area contributed by atoms with Gasteiger partial charge in [-0.15, -0.1) is 0 Å². The molecule has 0 amide bonds. The van der Waals surface area contributed by atoms with Crippen molar-refractivity contribution in [3.63, 3.8) is 0 Å². The maximum atomic E-state index is 6.93. The fourth-order valence-electron chi connectivity index (χ4n) is 3.96. The van der Waals surface area contributed by atoms with Crippen molar-refractivity contribution in [3.8, 4) is 0 Å². The molecule has 0 aliphatic carbocycles. The molecule has 3 unspecified atom stereocenters. The van der Waals surface area contributed by atoms with Crippen LogP contribution in [0.15, 0.2) is 0 Å². The van der Waals surface area contributed by atoms with Crippen molar-refractivity contribution in [2.75, 3.05) is 0 Å². The van der Waals surface area contributed by atoms with E-state index in [2.05, 4.69) is 68.9 Å². The summed E-state index contributed by atoms with van der Waals surface area (Å²) in [5.74, 6) is 0. The van der Waals surface area contributed by atoms with Gasteiger partial charge in [-0.05, 0) is 59.3 Å². The quantitative estimate of drug-likeness (QED) is 0.203. The number of hydrogen-bond acceptors (Lipinski definition) is 3. The van der Waals surface area contributed by atoms with E-state index in [1.165, 1.54) is 38.5 Å². The van der Waals surface area contributed by atoms with Crippen LogP contribution in [-0.2, 0) is 13.3 Å². The first-order valence-electron chi connectivity index (χ1n) is 12.6. The molecule has 0 heterocycles. The molecule has 0 radical (unpaired) electrons. The maximum absolute atomic E-state index is 6.93. The molecule has 0 N–H and O–H groups in total. The molecule has 4 heteroatoms. The van der Waals surface area contributed by atoms with Crippen molar-refractivity contribution < 1.29 is 13.3 Å². The summed E-state index contributed by atoms with van der Waals surface area (Å²) in [5, 5.41) is 0. The van der Waals surface area contributed by atoms with Crippen LogP contribution >= 0.6 is 0 Å². The minimum absolute atomic E-state index is 0.185. The molecule has 3 nitrogen and oxygen atoms in total. The summed E-state index contributed by atoms with van der Waals surface area (Å²) in [7, 11) is -2.87. The average molecular weight is 431 g/mol. The summed E-state index contributed by atoms with van der Waals surface area (Å²) < 4.78 is 20.8. The van der Waals surface area contributed by atoms with E-state index < -0.39 is 8.80 Å². The van der Waals surface area contributed by atoms with Crippen molar-refractivity contribution in [3.05, 3.63) is 0 Å². The first-order chi connectivity index (χ1) is 13.5. The van der Waals surface area contributed by atoms with Crippen LogP contribution in [0.1, 0.15) is 139 Å². The van der Waals surface area contributed by atoms with Gasteiger partial charge in [0.25, 0.3) is 0 Å². The van der Waals surface area contributed by atoms with Gasteiger partial charge in [0.1, 0.15) is 0 Å². The summed E-state index contributed by atoms with van der Waals surface area (Å²) in [6.45, 7) is 22.4. The van der Waals surface area contributed by atoms with Gasteiger partial charge in [-0.2, -0.15) is 0 Å². The zero-order valence-corrected chi connectivity index (χ0v) is 22.7. The molecule has 0 aromatic carbocycles. The van der Waals surface area contributed by atoms with Gasteiger partial charge in [-0.3, -0.25) is 0 Å². The van der Waals surface area contributed by atoms with E-state index in [-0.39, 0.29) is 16.8 Å². The lowest BCUT2D eigenvalue weighted by atomic mass is 9.96. The molecule has 0 bridgehead atoms. The summed E-state index contributed by atoms with van der Waals surface area (Å²) >= 11 is 0. The summed E-state index contributed by atoms with van der Waals surface area (Å²) in [6.07, 6.45) is 13.2. The lowest BCUT2D eigenvalue weighted by molar-refractivity contribution is -0.106. The van der Waals surface area contributed by atoms with Crippen LogP contribution in [0.25, 0.3) is 0 Å². The third-order valence-electron chi connectivity index (χ3n) is 6.72. The second-order valence-electron chi connectivity index (χ2n) is 9.89. The lowest BCUT2D eigenvalue weighted by Gasteiger charge is -2.46. The summed E-state index contributed by atoms with van der Waals surface area (Å²) in [5.41, 5.74) is -0.554. The highest BCUT2D eigenvalue weighted by molar-refractivity contribution is 6.59. The Bertz CT molecular complexity index is 370. The molecule has 29 heavy (non-hydrogen) atoms. The van der Waals surface area contributed by atoms with Crippen molar-refractivity contribution in [1.82, 2.24) is 0 Å². The monoisotopic (exact) mass is 430 g/mol. The Labute approximate surface area is 185 Å². The lowest BCUT2D eigenvalue weighted by Crippen LogP contribution is -2.58. The molecule has 0 aliphatic rings. The van der Waals surface area contributed by atoms with Gasteiger partial charge < -0.3 is 13.3 Å². The fraction of sp³-hybridized carbons (Fsp3) is 1.00. The number of hydrogen-bond donors (Lipinski definition) is 0. The van der Waals surface area contributed by atoms with E-state index in [0.717, 1.165) is 38.5 Å². The van der Waals surface area contributed by atoms with Gasteiger partial charge >= 0.3 is 8.80 Å². The molecule has 0 aromatic heterocycles. The minimum Gasteiger partial charge on any atom is -0.368 e. The molecule has 0 spiro atoms. The normalized spacial score (nSPS) is 20.5. The van der Waals surface area contributed by atoms with Gasteiger partial charge in [0, 0.05) is 6.55 Å². The Hall–Kier alpha value is 0.0969. The highest BCUT2D eigenvalue weighted by Gasteiger charge is 2.49. The highest BCUT2D eigenvalue weighted by atomic mass is 28.4. The Balaban J connectivity index is 5.81. The van der Waals surface area contributed by atoms with E-state index in [1.807, 2.05) is 0 Å². The average Bonchev–Trinajstić information content (AvgIpc) is 2.68. The number of unbranched alkanes of at least 4 members (excludes halogenated alkanes) is 3. The van der Waals surface area contributed by atoms with Gasteiger partial charge in [-0.25, -0.2) is 0 Å². The maximum Gasteiger partial charge on any atom is 0.498 e. The van der Waals surface area contributed by atoms with E-state index in [0.29, 0.717) is 0 Å². The van der Waals surface area contributed by atoms with Crippen LogP contribution in [0.4, 0.5) is 0 Å². The Kier molecular flexibility index (Phi) is 13.5. The molecule has 0 fully saturated rings. The second kappa shape index (κ2) is 13.5. The van der Waals surface area contributed by atoms with Crippen LogP contribution < -0.4 is 0 Å². The van der Waals surface area contributed by atoms with Gasteiger partial charge in [0.15, 0.2) is 0 Å². The minimum atomic E-state index is -2.87. The van der Waals surface area contributed by atoms with E-state index >= 15 is 0 Å². The zero-order chi connectivity index (χ0) is 22.6. The van der Waals surface area contributed by atoms with Crippen LogP contribution in [0.5, 0.6) is 0 Å². The molecule has 3 atom stereocenters. The molecule has 0 saturated carbocycles. The predicted octanol–water partition coefficient (Wildman–Crippen LogP) is 8.68. The molecular weight excluding hydrogens is 376 g/mol. The highest BCUT2D eigenvalue weighted by Crippen LogP contribution is 2.37. The van der Waals surface area contributed by atoms with Gasteiger partial charge in [0.05, 0.1) is 16.8 Å². The Morgan fingerprint density at radius 3 is 0.931 bits per heavy atom. The largest absolute Gasteiger partial charge is 0.498 e. The standard InChI is InChI=1S/C25H54O3Si/c1-11-17-20-23(7,14-4)26-29(10,27-24(8,15-5)21-18-12-2)28-25(9,16-6)22-19-13-3/h11-22H2,1-10H3. The molecule has 0 saturated heterocycles. The third-order valence-corrected chi connectivity index (χ3v) is 9.31. The fourth-order valence-corrected chi connectivity index (χ4v) is 7.51. The second-order valence-corrected chi connectivity index (χ2v) is 12.2. The summed E-state index contributed by atoms with van der Waals surface area (Å²) in [6, 6.07) is 0. The summed E-state index contributed by atoms with van der Waals surface area (Å²) in [4.78, 5) is 0.